The normalized spacial score (nSPS) is 10.8. The summed E-state index contributed by atoms with van der Waals surface area (Å²) in [6, 6.07) is -1.02. The van der Waals surface area contributed by atoms with E-state index in [9.17, 15) is 22.8 Å². The summed E-state index contributed by atoms with van der Waals surface area (Å²) in [6.45, 7) is 0.455. The molecule has 94 valence electrons. The molecule has 0 aromatic rings. The van der Waals surface area contributed by atoms with Gasteiger partial charge in [-0.3, -0.25) is 4.79 Å². The van der Waals surface area contributed by atoms with Gasteiger partial charge in [-0.25, -0.2) is 4.79 Å². The van der Waals surface area contributed by atoms with Gasteiger partial charge in [0.05, 0.1) is 6.54 Å². The van der Waals surface area contributed by atoms with Gasteiger partial charge >= 0.3 is 12.2 Å². The van der Waals surface area contributed by atoms with Crippen molar-refractivity contribution in [3.05, 3.63) is 0 Å². The molecular formula is C8H14F3N3O2. The van der Waals surface area contributed by atoms with Crippen LogP contribution in [0, 0.1) is 0 Å². The minimum Gasteiger partial charge on any atom is -0.345 e. The van der Waals surface area contributed by atoms with Crippen LogP contribution >= 0.6 is 0 Å². The summed E-state index contributed by atoms with van der Waals surface area (Å²) in [7, 11) is 1.53. The van der Waals surface area contributed by atoms with Crippen LogP contribution in [0.5, 0.6) is 0 Å². The van der Waals surface area contributed by atoms with E-state index >= 15 is 0 Å². The van der Waals surface area contributed by atoms with Gasteiger partial charge in [0.25, 0.3) is 0 Å². The van der Waals surface area contributed by atoms with Gasteiger partial charge in [-0.15, -0.1) is 0 Å². The fraction of sp³-hybridized carbons (Fsp3) is 0.750. The molecule has 3 amide bonds. The lowest BCUT2D eigenvalue weighted by Gasteiger charge is -2.15. The van der Waals surface area contributed by atoms with Gasteiger partial charge in [0.15, 0.2) is 0 Å². The zero-order valence-corrected chi connectivity index (χ0v) is 9.02. The van der Waals surface area contributed by atoms with Crippen LogP contribution in [0.25, 0.3) is 0 Å². The number of halogens is 3. The Morgan fingerprint density at radius 3 is 2.25 bits per heavy atom. The highest BCUT2D eigenvalue weighted by Crippen LogP contribution is 2.11. The zero-order chi connectivity index (χ0) is 12.8. The quantitative estimate of drug-likeness (QED) is 0.745. The number of rotatable bonds is 4. The number of amides is 3. The van der Waals surface area contributed by atoms with Gasteiger partial charge in [0.1, 0.15) is 6.54 Å². The number of nitrogens with zero attached hydrogens (tertiary/aromatic N) is 1. The van der Waals surface area contributed by atoms with Crippen LogP contribution in [0.2, 0.25) is 0 Å². The maximum absolute atomic E-state index is 11.7. The lowest BCUT2D eigenvalue weighted by atomic mass is 10.5. The van der Waals surface area contributed by atoms with Crippen LogP contribution in [-0.2, 0) is 4.79 Å². The molecule has 0 aliphatic rings. The average molecular weight is 241 g/mol. The SMILES string of the molecule is CCN(C)C(=O)CNC(=O)NCC(F)(F)F. The Kier molecular flexibility index (Phi) is 5.62. The number of carbonyl (C=O) groups is 2. The van der Waals surface area contributed by atoms with Crippen LogP contribution in [0.3, 0.4) is 0 Å². The second-order valence-corrected chi connectivity index (χ2v) is 3.06. The topological polar surface area (TPSA) is 61.4 Å². The number of urea groups is 1. The second-order valence-electron chi connectivity index (χ2n) is 3.06. The molecule has 0 saturated heterocycles. The third kappa shape index (κ3) is 6.91. The Bertz CT molecular complexity index is 255. The van der Waals surface area contributed by atoms with E-state index in [0.717, 1.165) is 0 Å². The number of nitrogens with one attached hydrogen (secondary N) is 2. The van der Waals surface area contributed by atoms with Crippen LogP contribution in [0.15, 0.2) is 0 Å². The Hall–Kier alpha value is -1.47. The maximum Gasteiger partial charge on any atom is 0.405 e. The van der Waals surface area contributed by atoms with Gasteiger partial charge in [0, 0.05) is 13.6 Å². The van der Waals surface area contributed by atoms with Gasteiger partial charge in [0.2, 0.25) is 5.91 Å². The summed E-state index contributed by atoms with van der Waals surface area (Å²) in [4.78, 5) is 23.3. The largest absolute Gasteiger partial charge is 0.405 e. The number of hydrogen-bond acceptors (Lipinski definition) is 2. The van der Waals surface area contributed by atoms with Crippen LogP contribution in [0.4, 0.5) is 18.0 Å². The van der Waals surface area contributed by atoms with Crippen LogP contribution < -0.4 is 10.6 Å². The predicted octanol–water partition coefficient (Wildman–Crippen LogP) is 0.326. The van der Waals surface area contributed by atoms with Crippen molar-refractivity contribution in [1.82, 2.24) is 15.5 Å². The third-order valence-corrected chi connectivity index (χ3v) is 1.75. The fourth-order valence-electron chi connectivity index (χ4n) is 0.710. The molecule has 0 aliphatic heterocycles. The summed E-state index contributed by atoms with van der Waals surface area (Å²) in [5.41, 5.74) is 0. The van der Waals surface area contributed by atoms with E-state index in [1.807, 2.05) is 5.32 Å². The fourth-order valence-corrected chi connectivity index (χ4v) is 0.710. The Balaban J connectivity index is 3.78. The van der Waals surface area contributed by atoms with Gasteiger partial charge in [-0.2, -0.15) is 13.2 Å². The minimum atomic E-state index is -4.46. The molecular weight excluding hydrogens is 227 g/mol. The highest BCUT2D eigenvalue weighted by Gasteiger charge is 2.27. The maximum atomic E-state index is 11.7. The van der Waals surface area contributed by atoms with E-state index in [1.165, 1.54) is 11.9 Å². The Morgan fingerprint density at radius 2 is 1.81 bits per heavy atom. The van der Waals surface area contributed by atoms with E-state index in [2.05, 4.69) is 0 Å². The number of likely N-dealkylation sites (N-methyl/N-ethyl adjacent to an activating group) is 1. The van der Waals surface area contributed by atoms with Crippen molar-refractivity contribution >= 4 is 11.9 Å². The number of carbonyl (C=O) groups excluding carboxylic acids is 2. The van der Waals surface area contributed by atoms with Gasteiger partial charge in [-0.1, -0.05) is 0 Å². The first-order valence-electron chi connectivity index (χ1n) is 4.58. The monoisotopic (exact) mass is 241 g/mol. The van der Waals surface area contributed by atoms with Crippen molar-refractivity contribution in [3.8, 4) is 0 Å². The summed E-state index contributed by atoms with van der Waals surface area (Å²) >= 11 is 0. The molecule has 0 aromatic carbocycles. The summed E-state index contributed by atoms with van der Waals surface area (Å²) in [5.74, 6) is -0.371. The van der Waals surface area contributed by atoms with Crippen molar-refractivity contribution in [1.29, 1.82) is 0 Å². The molecule has 0 radical (unpaired) electrons. The molecule has 0 aromatic heterocycles. The third-order valence-electron chi connectivity index (χ3n) is 1.75. The summed E-state index contributed by atoms with van der Waals surface area (Å²) in [6.07, 6.45) is -4.46. The zero-order valence-electron chi connectivity index (χ0n) is 9.02. The molecule has 0 aliphatic carbocycles. The Labute approximate surface area is 91.0 Å². The first kappa shape index (κ1) is 14.5. The first-order valence-corrected chi connectivity index (χ1v) is 4.58. The van der Waals surface area contributed by atoms with E-state index in [0.29, 0.717) is 6.54 Å². The van der Waals surface area contributed by atoms with Crippen molar-refractivity contribution < 1.29 is 22.8 Å². The predicted molar refractivity (Wildman–Crippen MR) is 50.8 cm³/mol. The molecule has 0 spiro atoms. The minimum absolute atomic E-state index is 0.325. The molecule has 0 unspecified atom stereocenters. The average Bonchev–Trinajstić information content (AvgIpc) is 2.20. The molecule has 5 nitrogen and oxygen atoms in total. The summed E-state index contributed by atoms with van der Waals surface area (Å²) in [5, 5.41) is 3.62. The molecule has 8 heteroatoms. The van der Waals surface area contributed by atoms with E-state index < -0.39 is 18.8 Å². The highest BCUT2D eigenvalue weighted by atomic mass is 19.4. The van der Waals surface area contributed by atoms with E-state index in [1.54, 1.807) is 12.2 Å². The van der Waals surface area contributed by atoms with Gasteiger partial charge < -0.3 is 15.5 Å². The van der Waals surface area contributed by atoms with Crippen molar-refractivity contribution in [2.45, 2.75) is 13.1 Å². The lowest BCUT2D eigenvalue weighted by Crippen LogP contribution is -2.45. The van der Waals surface area contributed by atoms with E-state index in [-0.39, 0.29) is 12.5 Å². The molecule has 0 fully saturated rings. The second kappa shape index (κ2) is 6.19. The number of alkyl halides is 3. The smallest absolute Gasteiger partial charge is 0.345 e. The highest BCUT2D eigenvalue weighted by molar-refractivity contribution is 5.83. The van der Waals surface area contributed by atoms with E-state index in [4.69, 9.17) is 0 Å². The van der Waals surface area contributed by atoms with Crippen molar-refractivity contribution in [2.75, 3.05) is 26.7 Å². The molecule has 0 saturated carbocycles. The van der Waals surface area contributed by atoms with Gasteiger partial charge in [-0.05, 0) is 6.92 Å². The number of hydrogen-bond donors (Lipinski definition) is 2. The van der Waals surface area contributed by atoms with Crippen LogP contribution in [-0.4, -0.2) is 49.7 Å². The molecule has 0 rings (SSSR count). The molecule has 0 heterocycles. The Morgan fingerprint density at radius 1 is 1.25 bits per heavy atom. The van der Waals surface area contributed by atoms with Crippen LogP contribution in [0.1, 0.15) is 6.92 Å². The summed E-state index contributed by atoms with van der Waals surface area (Å²) < 4.78 is 35.0. The molecule has 16 heavy (non-hydrogen) atoms. The van der Waals surface area contributed by atoms with Crippen molar-refractivity contribution in [2.24, 2.45) is 0 Å². The molecule has 0 atom stereocenters. The first-order chi connectivity index (χ1) is 7.26. The molecule has 0 bridgehead atoms. The molecule has 2 N–H and O–H groups in total. The van der Waals surface area contributed by atoms with Crippen molar-refractivity contribution in [3.63, 3.8) is 0 Å². The standard InChI is InChI=1S/C8H14F3N3O2/c1-3-14(2)6(15)4-12-7(16)13-5-8(9,10)11/h3-5H2,1-2H3,(H2,12,13,16). The lowest BCUT2D eigenvalue weighted by molar-refractivity contribution is -0.128.